The molecular weight excluding hydrogens is 343 g/mol. The summed E-state index contributed by atoms with van der Waals surface area (Å²) in [4.78, 5) is 12.1. The number of carbonyl (C=O) groups is 1. The summed E-state index contributed by atoms with van der Waals surface area (Å²) < 4.78 is 39.4. The van der Waals surface area contributed by atoms with Gasteiger partial charge in [0.25, 0.3) is 0 Å². The second kappa shape index (κ2) is 7.76. The zero-order chi connectivity index (χ0) is 18.6. The van der Waals surface area contributed by atoms with Crippen LogP contribution >= 0.6 is 0 Å². The molecule has 2 N–H and O–H groups in total. The molecule has 0 aliphatic carbocycles. The van der Waals surface area contributed by atoms with E-state index < -0.39 is 28.3 Å². The third-order valence-corrected chi connectivity index (χ3v) is 5.16. The van der Waals surface area contributed by atoms with E-state index in [2.05, 4.69) is 10.0 Å². The zero-order valence-electron chi connectivity index (χ0n) is 14.3. The van der Waals surface area contributed by atoms with Crippen LogP contribution in [0.5, 0.6) is 0 Å². The second-order valence-corrected chi connectivity index (χ2v) is 7.79. The molecule has 7 heteroatoms. The standard InChI is InChI=1S/C18H21FN2O3S/c1-12(2)16-6-4-5-13(3)18(16)21-17(22)11-20-25(23,24)15-9-7-14(19)8-10-15/h4-10,12,20H,11H2,1-3H3,(H,21,22). The summed E-state index contributed by atoms with van der Waals surface area (Å²) in [6.07, 6.45) is 0. The van der Waals surface area contributed by atoms with E-state index in [9.17, 15) is 17.6 Å². The van der Waals surface area contributed by atoms with Crippen molar-refractivity contribution in [3.05, 3.63) is 59.4 Å². The molecule has 0 unspecified atom stereocenters. The van der Waals surface area contributed by atoms with Crippen LogP contribution in [0.1, 0.15) is 30.9 Å². The maximum atomic E-state index is 12.9. The molecule has 1 amide bonds. The molecule has 0 aliphatic rings. The highest BCUT2D eigenvalue weighted by Gasteiger charge is 2.17. The van der Waals surface area contributed by atoms with Crippen LogP contribution in [0, 0.1) is 12.7 Å². The van der Waals surface area contributed by atoms with E-state index >= 15 is 0 Å². The van der Waals surface area contributed by atoms with Gasteiger partial charge < -0.3 is 5.32 Å². The van der Waals surface area contributed by atoms with Crippen LogP contribution < -0.4 is 10.0 Å². The van der Waals surface area contributed by atoms with E-state index in [1.807, 2.05) is 39.0 Å². The van der Waals surface area contributed by atoms with Crippen molar-refractivity contribution in [3.8, 4) is 0 Å². The molecule has 25 heavy (non-hydrogen) atoms. The van der Waals surface area contributed by atoms with Crippen molar-refractivity contribution in [1.29, 1.82) is 0 Å². The van der Waals surface area contributed by atoms with Gasteiger partial charge in [-0.25, -0.2) is 17.5 Å². The van der Waals surface area contributed by atoms with Crippen LogP contribution in [0.3, 0.4) is 0 Å². The maximum absolute atomic E-state index is 12.9. The minimum atomic E-state index is -3.88. The summed E-state index contributed by atoms with van der Waals surface area (Å²) in [7, 11) is -3.88. The SMILES string of the molecule is Cc1cccc(C(C)C)c1NC(=O)CNS(=O)(=O)c1ccc(F)cc1. The van der Waals surface area contributed by atoms with E-state index in [1.54, 1.807) is 0 Å². The fourth-order valence-electron chi connectivity index (χ4n) is 2.38. The Morgan fingerprint density at radius 2 is 1.76 bits per heavy atom. The molecular formula is C18H21FN2O3S. The Bertz CT molecular complexity index is 862. The Hall–Kier alpha value is -2.25. The number of para-hydroxylation sites is 1. The van der Waals surface area contributed by atoms with Gasteiger partial charge in [-0.05, 0) is 48.2 Å². The summed E-state index contributed by atoms with van der Waals surface area (Å²) in [5.41, 5.74) is 2.58. The van der Waals surface area contributed by atoms with Gasteiger partial charge >= 0.3 is 0 Å². The largest absolute Gasteiger partial charge is 0.324 e. The van der Waals surface area contributed by atoms with Gasteiger partial charge in [0.05, 0.1) is 11.4 Å². The number of hydrogen-bond acceptors (Lipinski definition) is 3. The summed E-state index contributed by atoms with van der Waals surface area (Å²) in [5, 5.41) is 2.77. The Kier molecular flexibility index (Phi) is 5.92. The lowest BCUT2D eigenvalue weighted by Gasteiger charge is -2.16. The van der Waals surface area contributed by atoms with Crippen molar-refractivity contribution in [2.24, 2.45) is 0 Å². The Morgan fingerprint density at radius 3 is 2.36 bits per heavy atom. The van der Waals surface area contributed by atoms with Crippen molar-refractivity contribution in [3.63, 3.8) is 0 Å². The van der Waals surface area contributed by atoms with E-state index in [-0.39, 0.29) is 10.8 Å². The van der Waals surface area contributed by atoms with Crippen molar-refractivity contribution in [2.75, 3.05) is 11.9 Å². The van der Waals surface area contributed by atoms with Gasteiger partial charge in [0, 0.05) is 5.69 Å². The van der Waals surface area contributed by atoms with Crippen LogP contribution in [0.25, 0.3) is 0 Å². The minimum absolute atomic E-state index is 0.0968. The van der Waals surface area contributed by atoms with Crippen LogP contribution in [0.15, 0.2) is 47.4 Å². The molecule has 0 fully saturated rings. The summed E-state index contributed by atoms with van der Waals surface area (Å²) in [5.74, 6) is -0.787. The van der Waals surface area contributed by atoms with Gasteiger partial charge in [0.2, 0.25) is 15.9 Å². The van der Waals surface area contributed by atoms with Crippen LogP contribution in [-0.2, 0) is 14.8 Å². The lowest BCUT2D eigenvalue weighted by molar-refractivity contribution is -0.115. The molecule has 0 saturated carbocycles. The van der Waals surface area contributed by atoms with E-state index in [0.29, 0.717) is 5.69 Å². The van der Waals surface area contributed by atoms with Gasteiger partial charge in [0.1, 0.15) is 5.82 Å². The van der Waals surface area contributed by atoms with Crippen molar-refractivity contribution in [1.82, 2.24) is 4.72 Å². The molecule has 0 spiro atoms. The highest BCUT2D eigenvalue weighted by atomic mass is 32.2. The minimum Gasteiger partial charge on any atom is -0.324 e. The lowest BCUT2D eigenvalue weighted by Crippen LogP contribution is -2.33. The molecule has 0 saturated heterocycles. The van der Waals surface area contributed by atoms with Crippen LogP contribution in [-0.4, -0.2) is 20.9 Å². The molecule has 2 aromatic rings. The van der Waals surface area contributed by atoms with Crippen LogP contribution in [0.2, 0.25) is 0 Å². The topological polar surface area (TPSA) is 75.3 Å². The molecule has 2 aromatic carbocycles. The average Bonchev–Trinajstić information content (AvgIpc) is 2.55. The predicted molar refractivity (Wildman–Crippen MR) is 95.5 cm³/mol. The smallest absolute Gasteiger partial charge is 0.241 e. The summed E-state index contributed by atoms with van der Waals surface area (Å²) in [6, 6.07) is 10.1. The Labute approximate surface area is 147 Å². The monoisotopic (exact) mass is 364 g/mol. The second-order valence-electron chi connectivity index (χ2n) is 6.02. The molecule has 0 atom stereocenters. The molecule has 0 bridgehead atoms. The molecule has 5 nitrogen and oxygen atoms in total. The highest BCUT2D eigenvalue weighted by molar-refractivity contribution is 7.89. The normalized spacial score (nSPS) is 11.6. The maximum Gasteiger partial charge on any atom is 0.241 e. The van der Waals surface area contributed by atoms with Crippen LogP contribution in [0.4, 0.5) is 10.1 Å². The fourth-order valence-corrected chi connectivity index (χ4v) is 3.37. The van der Waals surface area contributed by atoms with Gasteiger partial charge in [-0.2, -0.15) is 0 Å². The molecule has 2 rings (SSSR count). The number of nitrogens with one attached hydrogen (secondary N) is 2. The molecule has 0 heterocycles. The Balaban J connectivity index is 2.08. The average molecular weight is 364 g/mol. The van der Waals surface area contributed by atoms with E-state index in [1.165, 1.54) is 0 Å². The fraction of sp³-hybridized carbons (Fsp3) is 0.278. The number of aryl methyl sites for hydroxylation is 1. The zero-order valence-corrected chi connectivity index (χ0v) is 15.2. The quantitative estimate of drug-likeness (QED) is 0.827. The third kappa shape index (κ3) is 4.87. The van der Waals surface area contributed by atoms with Crippen molar-refractivity contribution in [2.45, 2.75) is 31.6 Å². The number of rotatable bonds is 6. The molecule has 0 radical (unpaired) electrons. The summed E-state index contributed by atoms with van der Waals surface area (Å²) in [6.45, 7) is 5.50. The van der Waals surface area contributed by atoms with Gasteiger partial charge in [-0.1, -0.05) is 32.0 Å². The number of amides is 1. The number of carbonyl (C=O) groups excluding carboxylic acids is 1. The number of halogens is 1. The first kappa shape index (κ1) is 19.1. The molecule has 0 aromatic heterocycles. The first-order chi connectivity index (χ1) is 11.7. The summed E-state index contributed by atoms with van der Waals surface area (Å²) >= 11 is 0. The third-order valence-electron chi connectivity index (χ3n) is 3.74. The van der Waals surface area contributed by atoms with Gasteiger partial charge in [-0.15, -0.1) is 0 Å². The highest BCUT2D eigenvalue weighted by Crippen LogP contribution is 2.27. The predicted octanol–water partition coefficient (Wildman–Crippen LogP) is 3.17. The lowest BCUT2D eigenvalue weighted by atomic mass is 9.98. The van der Waals surface area contributed by atoms with E-state index in [0.717, 1.165) is 35.4 Å². The first-order valence-electron chi connectivity index (χ1n) is 7.85. The molecule has 134 valence electrons. The molecule has 0 aliphatic heterocycles. The number of sulfonamides is 1. The van der Waals surface area contributed by atoms with Crippen molar-refractivity contribution >= 4 is 21.6 Å². The number of anilines is 1. The first-order valence-corrected chi connectivity index (χ1v) is 9.33. The van der Waals surface area contributed by atoms with E-state index in [4.69, 9.17) is 0 Å². The Morgan fingerprint density at radius 1 is 1.12 bits per heavy atom. The van der Waals surface area contributed by atoms with Crippen molar-refractivity contribution < 1.29 is 17.6 Å². The van der Waals surface area contributed by atoms with Gasteiger partial charge in [0.15, 0.2) is 0 Å². The number of hydrogen-bond donors (Lipinski definition) is 2. The van der Waals surface area contributed by atoms with Gasteiger partial charge in [-0.3, -0.25) is 4.79 Å². The number of benzene rings is 2.